The zero-order chi connectivity index (χ0) is 17.4. The Bertz CT molecular complexity index is 611. The van der Waals surface area contributed by atoms with Gasteiger partial charge in [0, 0.05) is 20.0 Å². The molecule has 1 aliphatic rings. The molecule has 1 saturated heterocycles. The Morgan fingerprint density at radius 2 is 2.00 bits per heavy atom. The van der Waals surface area contributed by atoms with Gasteiger partial charge in [0.15, 0.2) is 0 Å². The van der Waals surface area contributed by atoms with Crippen LogP contribution in [-0.2, 0) is 22.8 Å². The van der Waals surface area contributed by atoms with Crippen molar-refractivity contribution in [2.45, 2.75) is 38.9 Å². The molecule has 0 bridgehead atoms. The summed E-state index contributed by atoms with van der Waals surface area (Å²) in [5, 5.41) is 5.58. The van der Waals surface area contributed by atoms with Crippen molar-refractivity contribution in [2.75, 3.05) is 11.9 Å². The van der Waals surface area contributed by atoms with Crippen LogP contribution < -0.4 is 5.32 Å². The van der Waals surface area contributed by atoms with Crippen molar-refractivity contribution in [2.24, 2.45) is 13.0 Å². The van der Waals surface area contributed by atoms with Crippen molar-refractivity contribution in [1.29, 1.82) is 0 Å². The molecule has 7 nitrogen and oxygen atoms in total. The minimum absolute atomic E-state index is 0.132. The van der Waals surface area contributed by atoms with Crippen LogP contribution in [0, 0.1) is 5.92 Å². The number of carbonyl (C=O) groups is 2. The SMILES string of the molecule is CC(C)C(C(=O)Nc1nc(C(F)(F)F)nn1C)N1CCCC1=O. The fourth-order valence-electron chi connectivity index (χ4n) is 2.56. The lowest BCUT2D eigenvalue weighted by molar-refractivity contribution is -0.145. The van der Waals surface area contributed by atoms with E-state index in [9.17, 15) is 22.8 Å². The maximum Gasteiger partial charge on any atom is 0.453 e. The zero-order valence-electron chi connectivity index (χ0n) is 13.0. The van der Waals surface area contributed by atoms with E-state index < -0.39 is 23.9 Å². The summed E-state index contributed by atoms with van der Waals surface area (Å²) in [5.74, 6) is -2.52. The molecule has 1 aliphatic heterocycles. The molecule has 1 N–H and O–H groups in total. The minimum atomic E-state index is -4.69. The Labute approximate surface area is 130 Å². The number of amides is 2. The summed E-state index contributed by atoms with van der Waals surface area (Å²) in [4.78, 5) is 29.0. The van der Waals surface area contributed by atoms with Crippen molar-refractivity contribution in [1.82, 2.24) is 19.7 Å². The van der Waals surface area contributed by atoms with Crippen molar-refractivity contribution in [3.8, 4) is 0 Å². The van der Waals surface area contributed by atoms with Gasteiger partial charge < -0.3 is 4.90 Å². The molecule has 0 spiro atoms. The third kappa shape index (κ3) is 3.62. The number of carbonyl (C=O) groups excluding carboxylic acids is 2. The van der Waals surface area contributed by atoms with Gasteiger partial charge in [-0.15, -0.1) is 5.10 Å². The van der Waals surface area contributed by atoms with Gasteiger partial charge in [0.2, 0.25) is 17.8 Å². The predicted molar refractivity (Wildman–Crippen MR) is 74.2 cm³/mol. The van der Waals surface area contributed by atoms with Crippen LogP contribution in [0.5, 0.6) is 0 Å². The topological polar surface area (TPSA) is 80.1 Å². The predicted octanol–water partition coefficient (Wildman–Crippen LogP) is 1.42. The molecular weight excluding hydrogens is 315 g/mol. The number of rotatable bonds is 4. The van der Waals surface area contributed by atoms with E-state index in [0.29, 0.717) is 19.4 Å². The third-order valence-corrected chi connectivity index (χ3v) is 3.60. The number of hydrogen-bond acceptors (Lipinski definition) is 4. The molecule has 128 valence electrons. The molecule has 10 heteroatoms. The standard InChI is InChI=1S/C13H18F3N5O2/c1-7(2)9(21-6-4-5-8(21)22)10(23)17-12-18-11(13(14,15)16)19-20(12)3/h7,9H,4-6H2,1-3H3,(H,17,18,19,23). The summed E-state index contributed by atoms with van der Waals surface area (Å²) in [6.07, 6.45) is -3.65. The average molecular weight is 333 g/mol. The van der Waals surface area contributed by atoms with Gasteiger partial charge in [0.1, 0.15) is 6.04 Å². The molecule has 1 atom stereocenters. The minimum Gasteiger partial charge on any atom is -0.330 e. The monoisotopic (exact) mass is 333 g/mol. The summed E-state index contributed by atoms with van der Waals surface area (Å²) in [7, 11) is 1.25. The van der Waals surface area contributed by atoms with Crippen molar-refractivity contribution < 1.29 is 22.8 Å². The van der Waals surface area contributed by atoms with Crippen molar-refractivity contribution in [3.63, 3.8) is 0 Å². The number of aryl methyl sites for hydroxylation is 1. The van der Waals surface area contributed by atoms with Crippen LogP contribution in [0.25, 0.3) is 0 Å². The first-order valence-electron chi connectivity index (χ1n) is 7.20. The van der Waals surface area contributed by atoms with Crippen LogP contribution in [0.4, 0.5) is 19.1 Å². The number of nitrogens with one attached hydrogen (secondary N) is 1. The quantitative estimate of drug-likeness (QED) is 0.904. The summed E-state index contributed by atoms with van der Waals surface area (Å²) >= 11 is 0. The molecule has 2 heterocycles. The molecule has 1 aromatic heterocycles. The second kappa shape index (κ2) is 6.17. The Kier molecular flexibility index (Phi) is 4.62. The second-order valence-corrected chi connectivity index (χ2v) is 5.75. The maximum absolute atomic E-state index is 12.6. The van der Waals surface area contributed by atoms with Crippen LogP contribution in [0.2, 0.25) is 0 Å². The molecule has 0 aliphatic carbocycles. The van der Waals surface area contributed by atoms with E-state index in [0.717, 1.165) is 4.68 Å². The second-order valence-electron chi connectivity index (χ2n) is 5.75. The highest BCUT2D eigenvalue weighted by molar-refractivity contribution is 5.96. The molecule has 2 amide bonds. The fourth-order valence-corrected chi connectivity index (χ4v) is 2.56. The number of alkyl halides is 3. The van der Waals surface area contributed by atoms with Gasteiger partial charge in [0.25, 0.3) is 5.82 Å². The Morgan fingerprint density at radius 3 is 2.43 bits per heavy atom. The van der Waals surface area contributed by atoms with Gasteiger partial charge in [-0.2, -0.15) is 18.2 Å². The van der Waals surface area contributed by atoms with Crippen LogP contribution in [0.1, 0.15) is 32.5 Å². The highest BCUT2D eigenvalue weighted by Crippen LogP contribution is 2.27. The number of nitrogens with zero attached hydrogens (tertiary/aromatic N) is 4. The Hall–Kier alpha value is -2.13. The highest BCUT2D eigenvalue weighted by Gasteiger charge is 2.38. The lowest BCUT2D eigenvalue weighted by atomic mass is 10.0. The van der Waals surface area contributed by atoms with Crippen LogP contribution in [-0.4, -0.2) is 44.1 Å². The van der Waals surface area contributed by atoms with Crippen LogP contribution >= 0.6 is 0 Å². The Morgan fingerprint density at radius 1 is 1.35 bits per heavy atom. The fraction of sp³-hybridized carbons (Fsp3) is 0.692. The summed E-state index contributed by atoms with van der Waals surface area (Å²) in [5.41, 5.74) is 0. The van der Waals surface area contributed by atoms with E-state index >= 15 is 0 Å². The summed E-state index contributed by atoms with van der Waals surface area (Å²) in [6.45, 7) is 4.00. The van der Waals surface area contributed by atoms with E-state index in [4.69, 9.17) is 0 Å². The molecule has 1 fully saturated rings. The zero-order valence-corrected chi connectivity index (χ0v) is 13.0. The first-order chi connectivity index (χ1) is 10.6. The van der Waals surface area contributed by atoms with Gasteiger partial charge in [-0.3, -0.25) is 14.9 Å². The molecule has 1 aromatic rings. The van der Waals surface area contributed by atoms with Gasteiger partial charge >= 0.3 is 6.18 Å². The summed E-state index contributed by atoms with van der Waals surface area (Å²) in [6, 6.07) is -0.754. The van der Waals surface area contributed by atoms with E-state index in [1.807, 2.05) is 0 Å². The number of likely N-dealkylation sites (tertiary alicyclic amines) is 1. The van der Waals surface area contributed by atoms with Crippen molar-refractivity contribution in [3.05, 3.63) is 5.82 Å². The number of aromatic nitrogens is 3. The maximum atomic E-state index is 12.6. The van der Waals surface area contributed by atoms with E-state index in [1.54, 1.807) is 13.8 Å². The molecule has 2 rings (SSSR count). The van der Waals surface area contributed by atoms with E-state index in [2.05, 4.69) is 15.4 Å². The van der Waals surface area contributed by atoms with Crippen LogP contribution in [0.3, 0.4) is 0 Å². The van der Waals surface area contributed by atoms with Gasteiger partial charge in [-0.05, 0) is 12.3 Å². The van der Waals surface area contributed by atoms with Crippen LogP contribution in [0.15, 0.2) is 0 Å². The smallest absolute Gasteiger partial charge is 0.330 e. The molecule has 0 aromatic carbocycles. The molecule has 1 unspecified atom stereocenters. The molecule has 0 radical (unpaired) electrons. The third-order valence-electron chi connectivity index (χ3n) is 3.60. The number of anilines is 1. The molecular formula is C13H18F3N5O2. The lowest BCUT2D eigenvalue weighted by Crippen LogP contribution is -2.48. The number of hydrogen-bond donors (Lipinski definition) is 1. The van der Waals surface area contributed by atoms with E-state index in [-0.39, 0.29) is 17.8 Å². The number of halogens is 3. The molecule has 0 saturated carbocycles. The molecule has 23 heavy (non-hydrogen) atoms. The normalized spacial score (nSPS) is 17.0. The van der Waals surface area contributed by atoms with Gasteiger partial charge in [0.05, 0.1) is 0 Å². The summed E-state index contributed by atoms with van der Waals surface area (Å²) < 4.78 is 38.6. The largest absolute Gasteiger partial charge is 0.453 e. The average Bonchev–Trinajstić information content (AvgIpc) is 2.97. The first kappa shape index (κ1) is 17.2. The van der Waals surface area contributed by atoms with Crippen molar-refractivity contribution >= 4 is 17.8 Å². The van der Waals surface area contributed by atoms with Gasteiger partial charge in [-0.25, -0.2) is 4.68 Å². The van der Waals surface area contributed by atoms with Gasteiger partial charge in [-0.1, -0.05) is 13.8 Å². The Balaban J connectivity index is 2.19. The first-order valence-corrected chi connectivity index (χ1v) is 7.20. The van der Waals surface area contributed by atoms with E-state index in [1.165, 1.54) is 11.9 Å². The highest BCUT2D eigenvalue weighted by atomic mass is 19.4. The lowest BCUT2D eigenvalue weighted by Gasteiger charge is -2.29.